The summed E-state index contributed by atoms with van der Waals surface area (Å²) in [6.45, 7) is 3.49. The van der Waals surface area contributed by atoms with Gasteiger partial charge in [0.2, 0.25) is 0 Å². The van der Waals surface area contributed by atoms with Crippen molar-refractivity contribution in [1.29, 1.82) is 0 Å². The van der Waals surface area contributed by atoms with Crippen LogP contribution in [0.5, 0.6) is 17.2 Å². The predicted molar refractivity (Wildman–Crippen MR) is 68.3 cm³/mol. The van der Waals surface area contributed by atoms with Crippen molar-refractivity contribution < 1.29 is 19.0 Å². The molecule has 0 radical (unpaired) electrons. The molecule has 0 aliphatic carbocycles. The molecular weight excluding hydrogens is 323 g/mol. The lowest BCUT2D eigenvalue weighted by molar-refractivity contribution is -0.129. The standard InChI is InChI=1S/C11H11IO4/c1-7(12)11(13)16-9-5-4-8(14-2)6-10(9)15-3/h4-6H,1H2,2-3H3. The Hall–Kier alpha value is -1.24. The summed E-state index contributed by atoms with van der Waals surface area (Å²) in [6, 6.07) is 4.93. The van der Waals surface area contributed by atoms with Crippen molar-refractivity contribution in [2.24, 2.45) is 0 Å². The van der Waals surface area contributed by atoms with Crippen LogP contribution in [0, 0.1) is 0 Å². The lowest BCUT2D eigenvalue weighted by Gasteiger charge is -2.09. The van der Waals surface area contributed by atoms with Gasteiger partial charge >= 0.3 is 5.97 Å². The average molecular weight is 334 g/mol. The van der Waals surface area contributed by atoms with E-state index in [-0.39, 0.29) is 0 Å². The lowest BCUT2D eigenvalue weighted by Crippen LogP contribution is -2.07. The van der Waals surface area contributed by atoms with Gasteiger partial charge in [0.25, 0.3) is 0 Å². The zero-order chi connectivity index (χ0) is 12.1. The van der Waals surface area contributed by atoms with E-state index in [4.69, 9.17) is 14.2 Å². The fourth-order valence-electron chi connectivity index (χ4n) is 1.01. The van der Waals surface area contributed by atoms with E-state index in [0.717, 1.165) is 0 Å². The smallest absolute Gasteiger partial charge is 0.349 e. The van der Waals surface area contributed by atoms with Crippen LogP contribution in [0.2, 0.25) is 0 Å². The first-order valence-corrected chi connectivity index (χ1v) is 5.45. The summed E-state index contributed by atoms with van der Waals surface area (Å²) in [5, 5.41) is 0. The number of benzene rings is 1. The fourth-order valence-corrected chi connectivity index (χ4v) is 1.12. The van der Waals surface area contributed by atoms with Gasteiger partial charge in [-0.25, -0.2) is 4.79 Å². The van der Waals surface area contributed by atoms with Gasteiger partial charge in [0.05, 0.1) is 17.8 Å². The Kier molecular flexibility index (Phi) is 4.60. The quantitative estimate of drug-likeness (QED) is 0.367. The zero-order valence-electron chi connectivity index (χ0n) is 8.95. The summed E-state index contributed by atoms with van der Waals surface area (Å²) in [5.41, 5.74) is 0. The van der Waals surface area contributed by atoms with Crippen molar-refractivity contribution >= 4 is 28.6 Å². The Bertz CT molecular complexity index is 414. The van der Waals surface area contributed by atoms with Gasteiger partial charge in [-0.15, -0.1) is 0 Å². The molecule has 86 valence electrons. The van der Waals surface area contributed by atoms with Crippen molar-refractivity contribution in [3.8, 4) is 17.2 Å². The predicted octanol–water partition coefficient (Wildman–Crippen LogP) is 2.56. The second kappa shape index (κ2) is 5.74. The van der Waals surface area contributed by atoms with Gasteiger partial charge in [-0.2, -0.15) is 0 Å². The van der Waals surface area contributed by atoms with Gasteiger partial charge in [0.15, 0.2) is 11.5 Å². The van der Waals surface area contributed by atoms with Crippen LogP contribution in [0.4, 0.5) is 0 Å². The number of carbonyl (C=O) groups excluding carboxylic acids is 1. The molecule has 0 bridgehead atoms. The van der Waals surface area contributed by atoms with Crippen LogP contribution in [-0.4, -0.2) is 20.2 Å². The number of halogens is 1. The molecule has 0 aliphatic heterocycles. The van der Waals surface area contributed by atoms with Gasteiger partial charge in [0.1, 0.15) is 5.75 Å². The molecule has 16 heavy (non-hydrogen) atoms. The minimum atomic E-state index is -0.496. The highest BCUT2D eigenvalue weighted by Gasteiger charge is 2.12. The van der Waals surface area contributed by atoms with E-state index in [1.165, 1.54) is 7.11 Å². The van der Waals surface area contributed by atoms with Gasteiger partial charge in [-0.1, -0.05) is 6.58 Å². The molecule has 0 saturated heterocycles. The zero-order valence-corrected chi connectivity index (χ0v) is 11.1. The van der Waals surface area contributed by atoms with Gasteiger partial charge < -0.3 is 14.2 Å². The Morgan fingerprint density at radius 2 is 1.94 bits per heavy atom. The Balaban J connectivity index is 2.96. The monoisotopic (exact) mass is 334 g/mol. The average Bonchev–Trinajstić information content (AvgIpc) is 2.29. The molecule has 1 rings (SSSR count). The van der Waals surface area contributed by atoms with Gasteiger partial charge in [0, 0.05) is 6.07 Å². The second-order valence-corrected chi connectivity index (χ2v) is 4.11. The van der Waals surface area contributed by atoms with Crippen molar-refractivity contribution in [2.75, 3.05) is 14.2 Å². The number of carbonyl (C=O) groups is 1. The fraction of sp³-hybridized carbons (Fsp3) is 0.182. The summed E-state index contributed by atoms with van der Waals surface area (Å²) >= 11 is 1.80. The van der Waals surface area contributed by atoms with E-state index in [2.05, 4.69) is 6.58 Å². The summed E-state index contributed by atoms with van der Waals surface area (Å²) in [5.74, 6) is 0.908. The molecule has 1 aromatic rings. The van der Waals surface area contributed by atoms with Crippen molar-refractivity contribution in [2.45, 2.75) is 0 Å². The largest absolute Gasteiger partial charge is 0.497 e. The molecule has 0 fully saturated rings. The minimum Gasteiger partial charge on any atom is -0.497 e. The normalized spacial score (nSPS) is 9.44. The van der Waals surface area contributed by atoms with Crippen LogP contribution in [0.1, 0.15) is 0 Å². The van der Waals surface area contributed by atoms with Crippen LogP contribution >= 0.6 is 22.6 Å². The summed E-state index contributed by atoms with van der Waals surface area (Å²) in [4.78, 5) is 11.3. The maximum Gasteiger partial charge on any atom is 0.349 e. The summed E-state index contributed by atoms with van der Waals surface area (Å²) < 4.78 is 15.5. The summed E-state index contributed by atoms with van der Waals surface area (Å²) in [6.07, 6.45) is 0. The number of ether oxygens (including phenoxy) is 3. The van der Waals surface area contributed by atoms with Crippen molar-refractivity contribution in [3.05, 3.63) is 28.4 Å². The lowest BCUT2D eigenvalue weighted by atomic mass is 10.3. The molecule has 0 heterocycles. The molecule has 0 spiro atoms. The third-order valence-electron chi connectivity index (χ3n) is 1.79. The molecule has 0 amide bonds. The molecule has 5 heteroatoms. The van der Waals surface area contributed by atoms with E-state index in [1.807, 2.05) is 0 Å². The third-order valence-corrected chi connectivity index (χ3v) is 2.24. The highest BCUT2D eigenvalue weighted by Crippen LogP contribution is 2.31. The maximum absolute atomic E-state index is 11.3. The Morgan fingerprint density at radius 1 is 1.25 bits per heavy atom. The first kappa shape index (κ1) is 12.8. The topological polar surface area (TPSA) is 44.8 Å². The summed E-state index contributed by atoms with van der Waals surface area (Å²) in [7, 11) is 3.04. The van der Waals surface area contributed by atoms with E-state index < -0.39 is 5.97 Å². The SMILES string of the molecule is C=C(I)C(=O)Oc1ccc(OC)cc1OC. The second-order valence-electron chi connectivity index (χ2n) is 2.81. The number of esters is 1. The van der Waals surface area contributed by atoms with Crippen molar-refractivity contribution in [3.63, 3.8) is 0 Å². The van der Waals surface area contributed by atoms with Crippen LogP contribution in [0.3, 0.4) is 0 Å². The Labute approximate surface area is 107 Å². The van der Waals surface area contributed by atoms with Crippen LogP contribution in [-0.2, 0) is 4.79 Å². The number of hydrogen-bond acceptors (Lipinski definition) is 4. The van der Waals surface area contributed by atoms with Gasteiger partial charge in [-0.3, -0.25) is 0 Å². The molecule has 0 aromatic heterocycles. The number of rotatable bonds is 4. The molecule has 4 nitrogen and oxygen atoms in total. The number of methoxy groups -OCH3 is 2. The first-order valence-electron chi connectivity index (χ1n) is 4.37. The van der Waals surface area contributed by atoms with Crippen LogP contribution < -0.4 is 14.2 Å². The van der Waals surface area contributed by atoms with Crippen LogP contribution in [0.25, 0.3) is 0 Å². The van der Waals surface area contributed by atoms with E-state index in [1.54, 1.807) is 47.9 Å². The van der Waals surface area contributed by atoms with E-state index in [9.17, 15) is 4.79 Å². The highest BCUT2D eigenvalue weighted by atomic mass is 127. The molecule has 0 aliphatic rings. The molecule has 0 atom stereocenters. The highest BCUT2D eigenvalue weighted by molar-refractivity contribution is 14.1. The molecular formula is C11H11IO4. The van der Waals surface area contributed by atoms with Gasteiger partial charge in [-0.05, 0) is 34.7 Å². The Morgan fingerprint density at radius 3 is 2.44 bits per heavy atom. The molecule has 0 saturated carbocycles. The molecule has 0 unspecified atom stereocenters. The first-order chi connectivity index (χ1) is 7.58. The molecule has 1 aromatic carbocycles. The maximum atomic E-state index is 11.3. The third kappa shape index (κ3) is 3.13. The van der Waals surface area contributed by atoms with E-state index in [0.29, 0.717) is 20.8 Å². The van der Waals surface area contributed by atoms with Crippen LogP contribution in [0.15, 0.2) is 28.4 Å². The minimum absolute atomic E-state index is 0.301. The van der Waals surface area contributed by atoms with Crippen molar-refractivity contribution in [1.82, 2.24) is 0 Å². The molecule has 0 N–H and O–H groups in total. The van der Waals surface area contributed by atoms with E-state index >= 15 is 0 Å². The number of hydrogen-bond donors (Lipinski definition) is 0.